The van der Waals surface area contributed by atoms with Crippen LogP contribution >= 0.6 is 0 Å². The smallest absolute Gasteiger partial charge is 0.220 e. The number of aromatic nitrogens is 1. The average molecular weight is 371 g/mol. The van der Waals surface area contributed by atoms with E-state index in [2.05, 4.69) is 42.4 Å². The monoisotopic (exact) mass is 371 g/mol. The SMILES string of the molecule is C[C@H]1[C@H](C=Cc2ccc(-c3ccccc3C#N)cn2)[C@H]2NC(=O)C[C@H]2C[C@@H]1C. The Kier molecular flexibility index (Phi) is 5.00. The number of amides is 1. The van der Waals surface area contributed by atoms with Gasteiger partial charge in [0.15, 0.2) is 0 Å². The molecule has 1 aliphatic heterocycles. The number of benzene rings is 1. The van der Waals surface area contributed by atoms with E-state index >= 15 is 0 Å². The van der Waals surface area contributed by atoms with Gasteiger partial charge < -0.3 is 5.32 Å². The number of pyridine rings is 1. The van der Waals surface area contributed by atoms with E-state index in [4.69, 9.17) is 0 Å². The fraction of sp³-hybridized carbons (Fsp3) is 0.375. The zero-order valence-electron chi connectivity index (χ0n) is 16.3. The molecule has 0 spiro atoms. The van der Waals surface area contributed by atoms with Crippen LogP contribution in [0.1, 0.15) is 37.9 Å². The number of nitrogens with one attached hydrogen (secondary N) is 1. The fourth-order valence-corrected chi connectivity index (χ4v) is 4.77. The number of carbonyl (C=O) groups is 1. The maximum atomic E-state index is 11.9. The first-order valence-corrected chi connectivity index (χ1v) is 10.00. The second-order valence-corrected chi connectivity index (χ2v) is 8.20. The van der Waals surface area contributed by atoms with Crippen LogP contribution in [0, 0.1) is 35.0 Å². The van der Waals surface area contributed by atoms with Crippen molar-refractivity contribution in [3.63, 3.8) is 0 Å². The van der Waals surface area contributed by atoms with Crippen molar-refractivity contribution < 1.29 is 4.79 Å². The Hall–Kier alpha value is -2.93. The van der Waals surface area contributed by atoms with E-state index < -0.39 is 0 Å². The first-order chi connectivity index (χ1) is 13.6. The van der Waals surface area contributed by atoms with Gasteiger partial charge in [0, 0.05) is 35.7 Å². The maximum absolute atomic E-state index is 11.9. The molecule has 1 aromatic heterocycles. The summed E-state index contributed by atoms with van der Waals surface area (Å²) in [5.41, 5.74) is 3.39. The topological polar surface area (TPSA) is 65.8 Å². The van der Waals surface area contributed by atoms with Crippen molar-refractivity contribution in [2.45, 2.75) is 32.7 Å². The lowest BCUT2D eigenvalue weighted by Crippen LogP contribution is -2.44. The van der Waals surface area contributed by atoms with E-state index in [1.807, 2.05) is 42.6 Å². The Morgan fingerprint density at radius 2 is 2.04 bits per heavy atom. The molecule has 4 heteroatoms. The van der Waals surface area contributed by atoms with Gasteiger partial charge in [-0.2, -0.15) is 5.26 Å². The van der Waals surface area contributed by atoms with E-state index in [1.165, 1.54) is 0 Å². The molecule has 0 unspecified atom stereocenters. The Labute approximate surface area is 166 Å². The summed E-state index contributed by atoms with van der Waals surface area (Å²) >= 11 is 0. The molecule has 4 nitrogen and oxygen atoms in total. The molecule has 4 rings (SSSR count). The molecule has 2 heterocycles. The molecule has 1 aliphatic carbocycles. The van der Waals surface area contributed by atoms with Gasteiger partial charge in [-0.15, -0.1) is 0 Å². The molecule has 2 aliphatic rings. The third-order valence-electron chi connectivity index (χ3n) is 6.51. The highest BCUT2D eigenvalue weighted by Gasteiger charge is 2.44. The Balaban J connectivity index is 1.54. The minimum Gasteiger partial charge on any atom is -0.352 e. The van der Waals surface area contributed by atoms with Gasteiger partial charge in [0.1, 0.15) is 0 Å². The molecular formula is C24H25N3O. The van der Waals surface area contributed by atoms with Crippen LogP contribution in [0.5, 0.6) is 0 Å². The Morgan fingerprint density at radius 1 is 1.21 bits per heavy atom. The van der Waals surface area contributed by atoms with Gasteiger partial charge in [-0.05, 0) is 42.4 Å². The lowest BCUT2D eigenvalue weighted by Gasteiger charge is -2.40. The zero-order valence-corrected chi connectivity index (χ0v) is 16.3. The maximum Gasteiger partial charge on any atom is 0.220 e. The van der Waals surface area contributed by atoms with Gasteiger partial charge in [-0.1, -0.05) is 44.2 Å². The highest BCUT2D eigenvalue weighted by molar-refractivity contribution is 5.79. The van der Waals surface area contributed by atoms with Crippen LogP contribution in [0.4, 0.5) is 0 Å². The molecule has 2 fully saturated rings. The third kappa shape index (κ3) is 3.45. The summed E-state index contributed by atoms with van der Waals surface area (Å²) in [6.45, 7) is 4.58. The molecule has 1 N–H and O–H groups in total. The van der Waals surface area contributed by atoms with Crippen molar-refractivity contribution in [1.82, 2.24) is 10.3 Å². The van der Waals surface area contributed by atoms with Gasteiger partial charge in [0.25, 0.3) is 0 Å². The number of nitrogens with zero attached hydrogens (tertiary/aromatic N) is 2. The summed E-state index contributed by atoms with van der Waals surface area (Å²) < 4.78 is 0. The summed E-state index contributed by atoms with van der Waals surface area (Å²) in [5, 5.41) is 12.5. The number of hydrogen-bond donors (Lipinski definition) is 1. The van der Waals surface area contributed by atoms with Crippen molar-refractivity contribution in [2.24, 2.45) is 23.7 Å². The standard InChI is InChI=1S/C24H25N3O/c1-15-11-19-12-23(28)27-24(19)21(16(15)2)10-9-20-8-7-18(14-26-20)22-6-4-3-5-17(22)13-25/h3-10,14-16,19,21,24H,11-12H2,1-2H3,(H,27,28)/t15-,16+,19+,21-,24-/m0/s1. The molecule has 0 bridgehead atoms. The second kappa shape index (κ2) is 7.59. The summed E-state index contributed by atoms with van der Waals surface area (Å²) in [7, 11) is 0. The van der Waals surface area contributed by atoms with Gasteiger partial charge in [-0.3, -0.25) is 9.78 Å². The summed E-state index contributed by atoms with van der Waals surface area (Å²) in [6.07, 6.45) is 7.91. The number of carbonyl (C=O) groups excluding carboxylic acids is 1. The minimum atomic E-state index is 0.188. The largest absolute Gasteiger partial charge is 0.352 e. The second-order valence-electron chi connectivity index (χ2n) is 8.20. The molecule has 0 radical (unpaired) electrons. The van der Waals surface area contributed by atoms with Crippen LogP contribution in [-0.2, 0) is 4.79 Å². The molecule has 2 aromatic rings. The average Bonchev–Trinajstić information content (AvgIpc) is 3.08. The van der Waals surface area contributed by atoms with Crippen LogP contribution in [0.3, 0.4) is 0 Å². The molecule has 1 aromatic carbocycles. The number of rotatable bonds is 3. The van der Waals surface area contributed by atoms with E-state index in [0.29, 0.717) is 35.7 Å². The van der Waals surface area contributed by atoms with Crippen molar-refractivity contribution in [1.29, 1.82) is 5.26 Å². The molecular weight excluding hydrogens is 346 g/mol. The minimum absolute atomic E-state index is 0.188. The number of fused-ring (bicyclic) bond motifs is 1. The van der Waals surface area contributed by atoms with Gasteiger partial charge in [0.2, 0.25) is 5.91 Å². The highest BCUT2D eigenvalue weighted by Crippen LogP contribution is 2.42. The van der Waals surface area contributed by atoms with Crippen molar-refractivity contribution in [3.8, 4) is 17.2 Å². The number of nitriles is 1. The predicted molar refractivity (Wildman–Crippen MR) is 110 cm³/mol. The number of hydrogen-bond acceptors (Lipinski definition) is 3. The molecule has 1 amide bonds. The van der Waals surface area contributed by atoms with Crippen LogP contribution in [0.2, 0.25) is 0 Å². The van der Waals surface area contributed by atoms with Crippen molar-refractivity contribution in [3.05, 3.63) is 59.9 Å². The van der Waals surface area contributed by atoms with Crippen LogP contribution in [0.25, 0.3) is 17.2 Å². The Morgan fingerprint density at radius 3 is 2.79 bits per heavy atom. The normalized spacial score (nSPS) is 29.3. The predicted octanol–water partition coefficient (Wildman–Crippen LogP) is 4.43. The first kappa shape index (κ1) is 18.4. The van der Waals surface area contributed by atoms with Crippen molar-refractivity contribution in [2.75, 3.05) is 0 Å². The zero-order chi connectivity index (χ0) is 19.7. The molecule has 28 heavy (non-hydrogen) atoms. The van der Waals surface area contributed by atoms with Gasteiger partial charge in [-0.25, -0.2) is 0 Å². The Bertz CT molecular complexity index is 941. The highest BCUT2D eigenvalue weighted by atomic mass is 16.2. The van der Waals surface area contributed by atoms with Gasteiger partial charge in [0.05, 0.1) is 17.3 Å². The van der Waals surface area contributed by atoms with Crippen LogP contribution < -0.4 is 5.32 Å². The summed E-state index contributed by atoms with van der Waals surface area (Å²) in [6, 6.07) is 14.0. The summed E-state index contributed by atoms with van der Waals surface area (Å²) in [4.78, 5) is 16.5. The molecule has 142 valence electrons. The van der Waals surface area contributed by atoms with Crippen molar-refractivity contribution >= 4 is 12.0 Å². The van der Waals surface area contributed by atoms with Crippen LogP contribution in [-0.4, -0.2) is 16.9 Å². The molecule has 1 saturated carbocycles. The lowest BCUT2D eigenvalue weighted by molar-refractivity contribution is -0.119. The summed E-state index contributed by atoms with van der Waals surface area (Å²) in [5.74, 6) is 2.11. The lowest BCUT2D eigenvalue weighted by atomic mass is 9.66. The first-order valence-electron chi connectivity index (χ1n) is 10.00. The molecule has 1 saturated heterocycles. The third-order valence-corrected chi connectivity index (χ3v) is 6.51. The van der Waals surface area contributed by atoms with E-state index in [9.17, 15) is 10.1 Å². The quantitative estimate of drug-likeness (QED) is 0.868. The fourth-order valence-electron chi connectivity index (χ4n) is 4.77. The van der Waals surface area contributed by atoms with Gasteiger partial charge >= 0.3 is 0 Å². The van der Waals surface area contributed by atoms with E-state index in [0.717, 1.165) is 23.2 Å². The van der Waals surface area contributed by atoms with Crippen LogP contribution in [0.15, 0.2) is 48.7 Å². The van der Waals surface area contributed by atoms with E-state index in [1.54, 1.807) is 0 Å². The van der Waals surface area contributed by atoms with E-state index in [-0.39, 0.29) is 11.9 Å². The molecule has 5 atom stereocenters.